The van der Waals surface area contributed by atoms with E-state index in [0.717, 1.165) is 0 Å². The van der Waals surface area contributed by atoms with Crippen LogP contribution in [0, 0.1) is 12.3 Å². The highest BCUT2D eigenvalue weighted by molar-refractivity contribution is 7.94. The molecule has 1 heterocycles. The molecule has 1 aliphatic rings. The van der Waals surface area contributed by atoms with Crippen molar-refractivity contribution in [2.75, 3.05) is 5.75 Å². The van der Waals surface area contributed by atoms with Gasteiger partial charge in [0.15, 0.2) is 9.84 Å². The summed E-state index contributed by atoms with van der Waals surface area (Å²) in [6, 6.07) is 0. The van der Waals surface area contributed by atoms with Gasteiger partial charge >= 0.3 is 0 Å². The van der Waals surface area contributed by atoms with Crippen molar-refractivity contribution in [1.29, 1.82) is 0 Å². The smallest absolute Gasteiger partial charge is 0.172 e. The second-order valence-electron chi connectivity index (χ2n) is 1.90. The van der Waals surface area contributed by atoms with Crippen molar-refractivity contribution in [2.45, 2.75) is 6.42 Å². The van der Waals surface area contributed by atoms with Gasteiger partial charge < -0.3 is 0 Å². The molecule has 9 heavy (non-hydrogen) atoms. The third kappa shape index (κ3) is 1.33. The quantitative estimate of drug-likeness (QED) is 0.456. The zero-order chi connectivity index (χ0) is 6.91. The van der Waals surface area contributed by atoms with E-state index in [1.807, 2.05) is 0 Å². The van der Waals surface area contributed by atoms with Crippen LogP contribution in [0.2, 0.25) is 0 Å². The lowest BCUT2D eigenvalue weighted by Crippen LogP contribution is -1.92. The topological polar surface area (TPSA) is 34.1 Å². The number of allylic oxidation sites excluding steroid dienone is 1. The molecule has 0 aromatic carbocycles. The summed E-state index contributed by atoms with van der Waals surface area (Å²) in [5.41, 5.74) is 0.593. The molecule has 2 nitrogen and oxygen atoms in total. The van der Waals surface area contributed by atoms with Crippen LogP contribution in [0.5, 0.6) is 0 Å². The van der Waals surface area contributed by atoms with Gasteiger partial charge in [-0.3, -0.25) is 0 Å². The Hall–Kier alpha value is -0.750. The fourth-order valence-electron chi connectivity index (χ4n) is 0.693. The Kier molecular flexibility index (Phi) is 1.34. The second kappa shape index (κ2) is 1.89. The average molecular weight is 142 g/mol. The predicted molar refractivity (Wildman–Crippen MR) is 35.3 cm³/mol. The van der Waals surface area contributed by atoms with Gasteiger partial charge in [0.2, 0.25) is 0 Å². The van der Waals surface area contributed by atoms with Crippen molar-refractivity contribution in [3.05, 3.63) is 11.0 Å². The predicted octanol–water partition coefficient (Wildman–Crippen LogP) is 0.322. The minimum atomic E-state index is -2.91. The van der Waals surface area contributed by atoms with Crippen LogP contribution in [-0.4, -0.2) is 14.2 Å². The molecule has 0 bridgehead atoms. The normalized spacial score (nSPS) is 22.8. The first-order valence-electron chi connectivity index (χ1n) is 2.54. The maximum Gasteiger partial charge on any atom is 0.172 e. The van der Waals surface area contributed by atoms with Gasteiger partial charge in [0.05, 0.1) is 5.75 Å². The minimum absolute atomic E-state index is 0.187. The van der Waals surface area contributed by atoms with Gasteiger partial charge in [-0.2, -0.15) is 0 Å². The first-order valence-corrected chi connectivity index (χ1v) is 4.25. The molecule has 0 aliphatic carbocycles. The van der Waals surface area contributed by atoms with Crippen molar-refractivity contribution >= 4 is 9.84 Å². The molecule has 0 fully saturated rings. The Balaban J connectivity index is 3.02. The SMILES string of the molecule is C#CC1=CS(=O)(=O)CC1. The molecular weight excluding hydrogens is 136 g/mol. The summed E-state index contributed by atoms with van der Waals surface area (Å²) in [6.07, 6.45) is 5.48. The fourth-order valence-corrected chi connectivity index (χ4v) is 1.93. The van der Waals surface area contributed by atoms with Crippen molar-refractivity contribution in [2.24, 2.45) is 0 Å². The molecule has 1 rings (SSSR count). The van der Waals surface area contributed by atoms with E-state index in [1.54, 1.807) is 0 Å². The average Bonchev–Trinajstić information content (AvgIpc) is 2.10. The van der Waals surface area contributed by atoms with E-state index in [0.29, 0.717) is 12.0 Å². The van der Waals surface area contributed by atoms with E-state index in [-0.39, 0.29) is 5.75 Å². The maximum absolute atomic E-state index is 10.6. The van der Waals surface area contributed by atoms with Crippen molar-refractivity contribution in [3.8, 4) is 12.3 Å². The molecular formula is C6H6O2S. The minimum Gasteiger partial charge on any atom is -0.224 e. The number of hydrogen-bond acceptors (Lipinski definition) is 2. The van der Waals surface area contributed by atoms with E-state index in [9.17, 15) is 8.42 Å². The standard InChI is InChI=1S/C6H6O2S/c1-2-6-3-4-9(7,8)5-6/h1,5H,3-4H2. The molecule has 0 saturated carbocycles. The Labute approximate surface area is 54.5 Å². The Morgan fingerprint density at radius 3 is 2.56 bits per heavy atom. The van der Waals surface area contributed by atoms with Gasteiger partial charge in [-0.25, -0.2) is 8.42 Å². The molecule has 0 saturated heterocycles. The lowest BCUT2D eigenvalue weighted by atomic mass is 10.3. The lowest BCUT2D eigenvalue weighted by molar-refractivity contribution is 0.606. The monoisotopic (exact) mass is 142 g/mol. The summed E-state index contributed by atoms with van der Waals surface area (Å²) in [5, 5.41) is 1.17. The van der Waals surface area contributed by atoms with Crippen LogP contribution in [0.1, 0.15) is 6.42 Å². The van der Waals surface area contributed by atoms with Gasteiger partial charge in [0, 0.05) is 11.0 Å². The summed E-state index contributed by atoms with van der Waals surface area (Å²) in [5.74, 6) is 2.49. The van der Waals surface area contributed by atoms with E-state index in [1.165, 1.54) is 5.41 Å². The van der Waals surface area contributed by atoms with Crippen molar-refractivity contribution < 1.29 is 8.42 Å². The number of rotatable bonds is 0. The third-order valence-electron chi connectivity index (χ3n) is 1.16. The van der Waals surface area contributed by atoms with Gasteiger partial charge in [-0.1, -0.05) is 5.92 Å². The number of terminal acetylenes is 1. The van der Waals surface area contributed by atoms with Gasteiger partial charge in [-0.15, -0.1) is 6.42 Å². The van der Waals surface area contributed by atoms with Crippen molar-refractivity contribution in [3.63, 3.8) is 0 Å². The van der Waals surface area contributed by atoms with Crippen LogP contribution >= 0.6 is 0 Å². The molecule has 0 unspecified atom stereocenters. The molecule has 0 aromatic rings. The molecule has 3 heteroatoms. The van der Waals surface area contributed by atoms with Crippen LogP contribution in [0.3, 0.4) is 0 Å². The van der Waals surface area contributed by atoms with E-state index in [2.05, 4.69) is 5.92 Å². The number of sulfone groups is 1. The van der Waals surface area contributed by atoms with Crippen LogP contribution in [-0.2, 0) is 9.84 Å². The molecule has 0 aromatic heterocycles. The van der Waals surface area contributed by atoms with Crippen LogP contribution in [0.4, 0.5) is 0 Å². The summed E-state index contributed by atoms with van der Waals surface area (Å²) >= 11 is 0. The number of hydrogen-bond donors (Lipinski definition) is 0. The Bertz CT molecular complexity index is 277. The van der Waals surface area contributed by atoms with Crippen LogP contribution in [0.25, 0.3) is 0 Å². The molecule has 0 spiro atoms. The highest BCUT2D eigenvalue weighted by Gasteiger charge is 2.15. The molecule has 0 N–H and O–H groups in total. The van der Waals surface area contributed by atoms with Gasteiger partial charge in [0.1, 0.15) is 0 Å². The highest BCUT2D eigenvalue weighted by atomic mass is 32.2. The lowest BCUT2D eigenvalue weighted by Gasteiger charge is -1.80. The molecule has 1 aliphatic heterocycles. The zero-order valence-corrected chi connectivity index (χ0v) is 5.61. The summed E-state index contributed by atoms with van der Waals surface area (Å²) in [6.45, 7) is 0. The van der Waals surface area contributed by atoms with Crippen molar-refractivity contribution in [1.82, 2.24) is 0 Å². The fraction of sp³-hybridized carbons (Fsp3) is 0.333. The first kappa shape index (κ1) is 6.37. The van der Waals surface area contributed by atoms with E-state index < -0.39 is 9.84 Å². The molecule has 0 amide bonds. The van der Waals surface area contributed by atoms with Crippen LogP contribution in [0.15, 0.2) is 11.0 Å². The van der Waals surface area contributed by atoms with Gasteiger partial charge in [-0.05, 0) is 6.42 Å². The zero-order valence-electron chi connectivity index (χ0n) is 4.79. The molecule has 0 radical (unpaired) electrons. The maximum atomic E-state index is 10.6. The highest BCUT2D eigenvalue weighted by Crippen LogP contribution is 2.14. The molecule has 0 atom stereocenters. The first-order chi connectivity index (χ1) is 4.14. The van der Waals surface area contributed by atoms with E-state index in [4.69, 9.17) is 6.42 Å². The second-order valence-corrected chi connectivity index (χ2v) is 3.87. The third-order valence-corrected chi connectivity index (χ3v) is 2.58. The van der Waals surface area contributed by atoms with E-state index >= 15 is 0 Å². The Morgan fingerprint density at radius 2 is 2.33 bits per heavy atom. The summed E-state index contributed by atoms with van der Waals surface area (Å²) < 4.78 is 21.3. The molecule has 48 valence electrons. The largest absolute Gasteiger partial charge is 0.224 e. The Morgan fingerprint density at radius 1 is 1.67 bits per heavy atom. The van der Waals surface area contributed by atoms with Crippen LogP contribution < -0.4 is 0 Å². The van der Waals surface area contributed by atoms with Gasteiger partial charge in [0.25, 0.3) is 0 Å². The summed E-state index contributed by atoms with van der Waals surface area (Å²) in [4.78, 5) is 0. The summed E-state index contributed by atoms with van der Waals surface area (Å²) in [7, 11) is -2.91.